The highest BCUT2D eigenvalue weighted by Gasteiger charge is 2.12. The molecule has 101 valence electrons. The summed E-state index contributed by atoms with van der Waals surface area (Å²) in [5.74, 6) is 2.25. The number of ether oxygens (including phenoxy) is 1. The molecule has 3 aromatic rings. The minimum atomic E-state index is 0.400. The summed E-state index contributed by atoms with van der Waals surface area (Å²) in [5, 5.41) is 2.01. The van der Waals surface area contributed by atoms with Gasteiger partial charge in [-0.2, -0.15) is 0 Å². The summed E-state index contributed by atoms with van der Waals surface area (Å²) in [5.41, 5.74) is 1.79. The molecule has 0 bridgehead atoms. The summed E-state index contributed by atoms with van der Waals surface area (Å²) in [7, 11) is 0. The van der Waals surface area contributed by atoms with Crippen LogP contribution in [0.1, 0.15) is 17.0 Å². The average Bonchev–Trinajstić information content (AvgIpc) is 3.08. The molecule has 20 heavy (non-hydrogen) atoms. The third-order valence-corrected chi connectivity index (χ3v) is 3.78. The number of hydrogen-bond acceptors (Lipinski definition) is 4. The van der Waals surface area contributed by atoms with Crippen molar-refractivity contribution in [2.24, 2.45) is 0 Å². The van der Waals surface area contributed by atoms with E-state index in [4.69, 9.17) is 9.15 Å². The van der Waals surface area contributed by atoms with E-state index in [0.29, 0.717) is 12.5 Å². The Morgan fingerprint density at radius 3 is 2.75 bits per heavy atom. The van der Waals surface area contributed by atoms with Crippen molar-refractivity contribution in [3.05, 3.63) is 65.7 Å². The normalized spacial score (nSPS) is 10.7. The highest BCUT2D eigenvalue weighted by molar-refractivity contribution is 7.13. The third-order valence-electron chi connectivity index (χ3n) is 2.92. The Balaban J connectivity index is 1.73. The lowest BCUT2D eigenvalue weighted by Gasteiger charge is -2.04. The van der Waals surface area contributed by atoms with E-state index in [1.54, 1.807) is 11.3 Å². The van der Waals surface area contributed by atoms with Gasteiger partial charge in [-0.25, -0.2) is 4.98 Å². The lowest BCUT2D eigenvalue weighted by molar-refractivity contribution is 0.299. The van der Waals surface area contributed by atoms with Crippen LogP contribution in [-0.4, -0.2) is 4.98 Å². The molecule has 0 amide bonds. The number of aromatic nitrogens is 1. The quantitative estimate of drug-likeness (QED) is 0.709. The van der Waals surface area contributed by atoms with Crippen molar-refractivity contribution in [1.29, 1.82) is 0 Å². The van der Waals surface area contributed by atoms with Crippen LogP contribution in [-0.2, 0) is 6.61 Å². The monoisotopic (exact) mass is 284 g/mol. The first-order chi connectivity index (χ1) is 9.72. The molecule has 0 aliphatic carbocycles. The number of thiophene rings is 1. The van der Waals surface area contributed by atoms with Gasteiger partial charge in [0.15, 0.2) is 0 Å². The maximum Gasteiger partial charge on any atom is 0.236 e. The lowest BCUT2D eigenvalue weighted by Crippen LogP contribution is -1.97. The molecule has 4 heteroatoms. The van der Waals surface area contributed by atoms with Crippen LogP contribution in [0.4, 0.5) is 0 Å². The van der Waals surface area contributed by atoms with Crippen LogP contribution in [0.5, 0.6) is 5.75 Å². The second-order valence-corrected chi connectivity index (χ2v) is 5.38. The van der Waals surface area contributed by atoms with E-state index in [0.717, 1.165) is 27.6 Å². The molecular weight excluding hydrogens is 270 g/mol. The van der Waals surface area contributed by atoms with E-state index in [9.17, 15) is 0 Å². The van der Waals surface area contributed by atoms with E-state index < -0.39 is 0 Å². The number of oxazole rings is 1. The predicted molar refractivity (Wildman–Crippen MR) is 79.8 cm³/mol. The summed E-state index contributed by atoms with van der Waals surface area (Å²) in [6.07, 6.45) is 0. The Hall–Kier alpha value is -2.07. The maximum absolute atomic E-state index is 5.71. The first kappa shape index (κ1) is 12.9. The minimum Gasteiger partial charge on any atom is -0.487 e. The SMILES string of the molecule is [CH2]c1ccc(OCc2nc(-c3cccs3)oc2C)cc1. The smallest absolute Gasteiger partial charge is 0.236 e. The van der Waals surface area contributed by atoms with E-state index in [2.05, 4.69) is 11.9 Å². The molecule has 0 aliphatic heterocycles. The molecule has 0 saturated carbocycles. The van der Waals surface area contributed by atoms with Crippen molar-refractivity contribution in [2.75, 3.05) is 0 Å². The van der Waals surface area contributed by atoms with Crippen LogP contribution in [0.15, 0.2) is 46.2 Å². The van der Waals surface area contributed by atoms with Crippen LogP contribution in [0.25, 0.3) is 10.8 Å². The molecule has 1 aromatic carbocycles. The van der Waals surface area contributed by atoms with Crippen LogP contribution in [0.2, 0.25) is 0 Å². The molecule has 2 aromatic heterocycles. The van der Waals surface area contributed by atoms with Crippen molar-refractivity contribution in [3.8, 4) is 16.5 Å². The molecule has 3 rings (SSSR count). The van der Waals surface area contributed by atoms with E-state index in [1.165, 1.54) is 0 Å². The first-order valence-electron chi connectivity index (χ1n) is 6.27. The zero-order chi connectivity index (χ0) is 13.9. The largest absolute Gasteiger partial charge is 0.487 e. The first-order valence-corrected chi connectivity index (χ1v) is 7.15. The molecule has 2 heterocycles. The van der Waals surface area contributed by atoms with Gasteiger partial charge in [0, 0.05) is 0 Å². The molecule has 0 spiro atoms. The summed E-state index contributed by atoms with van der Waals surface area (Å²) >= 11 is 1.61. The van der Waals surface area contributed by atoms with E-state index in [-0.39, 0.29) is 0 Å². The average molecular weight is 284 g/mol. The fourth-order valence-corrected chi connectivity index (χ4v) is 2.45. The zero-order valence-corrected chi connectivity index (χ0v) is 11.9. The van der Waals surface area contributed by atoms with Crippen molar-refractivity contribution in [1.82, 2.24) is 4.98 Å². The van der Waals surface area contributed by atoms with Crippen molar-refractivity contribution in [2.45, 2.75) is 13.5 Å². The summed E-state index contributed by atoms with van der Waals surface area (Å²) in [6, 6.07) is 11.6. The summed E-state index contributed by atoms with van der Waals surface area (Å²) < 4.78 is 11.4. The van der Waals surface area contributed by atoms with Crippen LogP contribution in [0.3, 0.4) is 0 Å². The Bertz CT molecular complexity index is 684. The fraction of sp³-hybridized carbons (Fsp3) is 0.125. The summed E-state index contributed by atoms with van der Waals surface area (Å²) in [6.45, 7) is 6.15. The van der Waals surface area contributed by atoms with Gasteiger partial charge < -0.3 is 9.15 Å². The Kier molecular flexibility index (Phi) is 3.56. The number of rotatable bonds is 4. The topological polar surface area (TPSA) is 35.3 Å². The Morgan fingerprint density at radius 1 is 1.25 bits per heavy atom. The van der Waals surface area contributed by atoms with Gasteiger partial charge in [0.05, 0.1) is 4.88 Å². The van der Waals surface area contributed by atoms with Gasteiger partial charge in [0.1, 0.15) is 23.8 Å². The molecule has 3 nitrogen and oxygen atoms in total. The number of aryl methyl sites for hydroxylation is 1. The van der Waals surface area contributed by atoms with Gasteiger partial charge >= 0.3 is 0 Å². The fourth-order valence-electron chi connectivity index (χ4n) is 1.80. The van der Waals surface area contributed by atoms with Crippen LogP contribution >= 0.6 is 11.3 Å². The highest BCUT2D eigenvalue weighted by atomic mass is 32.1. The predicted octanol–water partition coefficient (Wildman–Crippen LogP) is 4.47. The Morgan fingerprint density at radius 2 is 2.05 bits per heavy atom. The third kappa shape index (κ3) is 2.75. The second-order valence-electron chi connectivity index (χ2n) is 4.43. The van der Waals surface area contributed by atoms with Gasteiger partial charge in [0.25, 0.3) is 0 Å². The van der Waals surface area contributed by atoms with Crippen molar-refractivity contribution >= 4 is 11.3 Å². The van der Waals surface area contributed by atoms with Crippen LogP contribution in [0, 0.1) is 13.8 Å². The van der Waals surface area contributed by atoms with E-state index in [1.807, 2.05) is 48.7 Å². The molecule has 0 N–H and O–H groups in total. The van der Waals surface area contributed by atoms with Gasteiger partial charge in [-0.15, -0.1) is 11.3 Å². The van der Waals surface area contributed by atoms with Gasteiger partial charge in [-0.3, -0.25) is 0 Å². The van der Waals surface area contributed by atoms with Crippen molar-refractivity contribution in [3.63, 3.8) is 0 Å². The minimum absolute atomic E-state index is 0.400. The molecule has 0 unspecified atom stereocenters. The van der Waals surface area contributed by atoms with Crippen molar-refractivity contribution < 1.29 is 9.15 Å². The van der Waals surface area contributed by atoms with Gasteiger partial charge in [-0.1, -0.05) is 18.2 Å². The second kappa shape index (κ2) is 5.51. The lowest BCUT2D eigenvalue weighted by atomic mass is 10.2. The summed E-state index contributed by atoms with van der Waals surface area (Å²) in [4.78, 5) is 5.52. The van der Waals surface area contributed by atoms with Gasteiger partial charge in [-0.05, 0) is 43.0 Å². The molecule has 0 saturated heterocycles. The number of benzene rings is 1. The number of nitrogens with zero attached hydrogens (tertiary/aromatic N) is 1. The zero-order valence-electron chi connectivity index (χ0n) is 11.1. The molecule has 1 radical (unpaired) electrons. The number of hydrogen-bond donors (Lipinski definition) is 0. The van der Waals surface area contributed by atoms with Gasteiger partial charge in [0.2, 0.25) is 5.89 Å². The molecular formula is C16H14NO2S. The Labute approximate surface area is 121 Å². The molecule has 0 atom stereocenters. The molecule has 0 aliphatic rings. The van der Waals surface area contributed by atoms with E-state index >= 15 is 0 Å². The maximum atomic E-state index is 5.71. The molecule has 0 fully saturated rings. The highest BCUT2D eigenvalue weighted by Crippen LogP contribution is 2.26. The standard InChI is InChI=1S/C16H14NO2S/c1-11-5-7-13(8-6-11)18-10-14-12(2)19-16(17-14)15-4-3-9-20-15/h3-9H,1,10H2,2H3. The van der Waals surface area contributed by atoms with Crippen LogP contribution < -0.4 is 4.74 Å².